The zero-order valence-corrected chi connectivity index (χ0v) is 13.8. The minimum Gasteiger partial charge on any atom is -1.00 e. The second-order valence-electron chi connectivity index (χ2n) is 3.59. The van der Waals surface area contributed by atoms with Gasteiger partial charge in [-0.05, 0) is 6.42 Å². The summed E-state index contributed by atoms with van der Waals surface area (Å²) in [5.41, 5.74) is 7.78. The van der Waals surface area contributed by atoms with Gasteiger partial charge in [0.2, 0.25) is 0 Å². The van der Waals surface area contributed by atoms with Crippen molar-refractivity contribution in [1.29, 1.82) is 0 Å². The van der Waals surface area contributed by atoms with Crippen LogP contribution in [0.15, 0.2) is 0 Å². The molecule has 1 atom stereocenters. The first kappa shape index (κ1) is 20.6. The van der Waals surface area contributed by atoms with E-state index in [4.69, 9.17) is 10.4 Å². The SMILES string of the molecule is CCCCCP(=O)(O)ONCCNCCN.[Ca+2].[H-].[H-]. The van der Waals surface area contributed by atoms with Crippen LogP contribution < -0.4 is 16.5 Å². The Labute approximate surface area is 137 Å². The van der Waals surface area contributed by atoms with E-state index < -0.39 is 7.60 Å². The van der Waals surface area contributed by atoms with Gasteiger partial charge in [0.15, 0.2) is 0 Å². The van der Waals surface area contributed by atoms with Gasteiger partial charge in [0.1, 0.15) is 0 Å². The Kier molecular flexibility index (Phi) is 16.6. The molecule has 0 radical (unpaired) electrons. The van der Waals surface area contributed by atoms with Gasteiger partial charge in [0.25, 0.3) is 0 Å². The summed E-state index contributed by atoms with van der Waals surface area (Å²) in [5, 5.41) is 3.03. The number of unbranched alkanes of at least 4 members (excludes halogenated alkanes) is 2. The first-order chi connectivity index (χ1) is 7.62. The number of hydrogen-bond acceptors (Lipinski definition) is 5. The zero-order valence-electron chi connectivity index (χ0n) is 12.7. The summed E-state index contributed by atoms with van der Waals surface area (Å²) in [6.45, 7) is 4.50. The molecule has 0 heterocycles. The first-order valence-electron chi connectivity index (χ1n) is 5.76. The maximum Gasteiger partial charge on any atom is 2.00 e. The first-order valence-corrected chi connectivity index (χ1v) is 7.52. The third-order valence-electron chi connectivity index (χ3n) is 1.98. The Bertz CT molecular complexity index is 219. The molecule has 5 N–H and O–H groups in total. The van der Waals surface area contributed by atoms with Gasteiger partial charge >= 0.3 is 45.3 Å². The van der Waals surface area contributed by atoms with Gasteiger partial charge in [-0.1, -0.05) is 19.8 Å². The molecule has 1 unspecified atom stereocenters. The van der Waals surface area contributed by atoms with Crippen molar-refractivity contribution in [3.05, 3.63) is 0 Å². The van der Waals surface area contributed by atoms with Crippen LogP contribution in [0, 0.1) is 0 Å². The molecular formula is C9H26CaN3O3P. The Morgan fingerprint density at radius 1 is 1.35 bits per heavy atom. The van der Waals surface area contributed by atoms with E-state index >= 15 is 0 Å². The van der Waals surface area contributed by atoms with Gasteiger partial charge in [-0.3, -0.25) is 4.57 Å². The molecule has 0 aromatic rings. The predicted molar refractivity (Wildman–Crippen MR) is 73.2 cm³/mol. The Hall–Kier alpha value is 1.29. The summed E-state index contributed by atoms with van der Waals surface area (Å²) in [5.74, 6) is 0. The molecule has 0 aliphatic carbocycles. The summed E-state index contributed by atoms with van der Waals surface area (Å²) in [7, 11) is -3.44. The zero-order chi connectivity index (χ0) is 12.3. The van der Waals surface area contributed by atoms with Crippen LogP contribution in [0.5, 0.6) is 0 Å². The minimum absolute atomic E-state index is 0. The Balaban J connectivity index is -0.000000375. The van der Waals surface area contributed by atoms with E-state index in [0.717, 1.165) is 25.8 Å². The third-order valence-corrected chi connectivity index (χ3v) is 3.27. The summed E-state index contributed by atoms with van der Waals surface area (Å²) in [4.78, 5) is 9.37. The monoisotopic (exact) mass is 295 g/mol. The molecule has 0 aliphatic rings. The molecule has 6 nitrogen and oxygen atoms in total. The molecular weight excluding hydrogens is 269 g/mol. The van der Waals surface area contributed by atoms with E-state index in [2.05, 4.69) is 10.8 Å². The van der Waals surface area contributed by atoms with Crippen molar-refractivity contribution in [2.45, 2.75) is 26.2 Å². The molecule has 0 aromatic carbocycles. The molecule has 0 saturated carbocycles. The van der Waals surface area contributed by atoms with Crippen molar-refractivity contribution in [1.82, 2.24) is 10.8 Å². The normalized spacial score (nSPS) is 14.1. The molecule has 0 fully saturated rings. The molecule has 0 amide bonds. The molecule has 102 valence electrons. The van der Waals surface area contributed by atoms with E-state index in [1.807, 2.05) is 6.92 Å². The number of hydroxylamine groups is 1. The van der Waals surface area contributed by atoms with Crippen LogP contribution in [-0.2, 0) is 9.19 Å². The fraction of sp³-hybridized carbons (Fsp3) is 1.00. The Morgan fingerprint density at radius 2 is 2.06 bits per heavy atom. The fourth-order valence-corrected chi connectivity index (χ4v) is 2.13. The van der Waals surface area contributed by atoms with Crippen LogP contribution >= 0.6 is 7.60 Å². The molecule has 0 saturated heterocycles. The summed E-state index contributed by atoms with van der Waals surface area (Å²) >= 11 is 0. The minimum atomic E-state index is -3.44. The average Bonchev–Trinajstić information content (AvgIpc) is 2.23. The molecule has 0 bridgehead atoms. The fourth-order valence-electron chi connectivity index (χ4n) is 1.12. The quantitative estimate of drug-likeness (QED) is 0.189. The van der Waals surface area contributed by atoms with Crippen LogP contribution in [0.2, 0.25) is 0 Å². The van der Waals surface area contributed by atoms with Gasteiger partial charge in [0, 0.05) is 26.2 Å². The second-order valence-corrected chi connectivity index (χ2v) is 5.50. The van der Waals surface area contributed by atoms with Crippen molar-refractivity contribution in [2.24, 2.45) is 5.73 Å². The van der Waals surface area contributed by atoms with Gasteiger partial charge in [0.05, 0.1) is 6.16 Å². The average molecular weight is 295 g/mol. The summed E-state index contributed by atoms with van der Waals surface area (Å²) in [6.07, 6.45) is 2.91. The van der Waals surface area contributed by atoms with E-state index in [1.165, 1.54) is 0 Å². The molecule has 0 aromatic heterocycles. The van der Waals surface area contributed by atoms with Gasteiger partial charge in [-0.2, -0.15) is 5.48 Å². The van der Waals surface area contributed by atoms with Crippen LogP contribution in [-0.4, -0.2) is 75.0 Å². The molecule has 0 spiro atoms. The van der Waals surface area contributed by atoms with Crippen molar-refractivity contribution < 1.29 is 16.9 Å². The van der Waals surface area contributed by atoms with Crippen LogP contribution in [0.25, 0.3) is 0 Å². The maximum absolute atomic E-state index is 11.4. The second kappa shape index (κ2) is 13.7. The van der Waals surface area contributed by atoms with Gasteiger partial charge in [-0.15, -0.1) is 0 Å². The molecule has 8 heteroatoms. The van der Waals surface area contributed by atoms with E-state index in [0.29, 0.717) is 19.6 Å². The smallest absolute Gasteiger partial charge is 1.00 e. The van der Waals surface area contributed by atoms with Crippen molar-refractivity contribution in [2.75, 3.05) is 32.3 Å². The van der Waals surface area contributed by atoms with Crippen molar-refractivity contribution >= 4 is 45.3 Å². The topological polar surface area (TPSA) is 96.6 Å². The maximum atomic E-state index is 11.4. The Morgan fingerprint density at radius 3 is 2.65 bits per heavy atom. The van der Waals surface area contributed by atoms with E-state index in [-0.39, 0.29) is 46.8 Å². The van der Waals surface area contributed by atoms with Crippen LogP contribution in [0.3, 0.4) is 0 Å². The molecule has 17 heavy (non-hydrogen) atoms. The third kappa shape index (κ3) is 15.2. The standard InChI is InChI=1S/C9H24N3O3P.Ca.2H/c1-2-3-4-9-16(13,14)15-12-8-7-11-6-5-10;;;/h11-12H,2-10H2,1H3,(H,13,14);;;/q;+2;2*-1. The molecule has 0 aliphatic heterocycles. The van der Waals surface area contributed by atoms with Crippen molar-refractivity contribution in [3.63, 3.8) is 0 Å². The van der Waals surface area contributed by atoms with E-state index in [1.54, 1.807) is 0 Å². The number of rotatable bonds is 11. The number of nitrogens with one attached hydrogen (secondary N) is 2. The number of nitrogens with two attached hydrogens (primary N) is 1. The summed E-state index contributed by atoms with van der Waals surface area (Å²) in [6, 6.07) is 0. The van der Waals surface area contributed by atoms with Gasteiger partial charge < -0.3 is 18.8 Å². The number of hydrogen-bond donors (Lipinski definition) is 4. The van der Waals surface area contributed by atoms with Crippen molar-refractivity contribution in [3.8, 4) is 0 Å². The predicted octanol–water partition coefficient (Wildman–Crippen LogP) is 0.276. The van der Waals surface area contributed by atoms with Crippen LogP contribution in [0.1, 0.15) is 29.0 Å². The van der Waals surface area contributed by atoms with Gasteiger partial charge in [-0.25, -0.2) is 4.62 Å². The molecule has 0 rings (SSSR count). The van der Waals surface area contributed by atoms with Crippen LogP contribution in [0.4, 0.5) is 0 Å². The summed E-state index contributed by atoms with van der Waals surface area (Å²) < 4.78 is 16.2. The van der Waals surface area contributed by atoms with E-state index in [9.17, 15) is 9.46 Å². The largest absolute Gasteiger partial charge is 2.00 e.